The second-order valence-electron chi connectivity index (χ2n) is 6.32. The van der Waals surface area contributed by atoms with Gasteiger partial charge in [0.15, 0.2) is 0 Å². The lowest BCUT2D eigenvalue weighted by atomic mass is 9.91. The van der Waals surface area contributed by atoms with Gasteiger partial charge in [-0.25, -0.2) is 0 Å². The Kier molecular flexibility index (Phi) is 2.70. The van der Waals surface area contributed by atoms with Crippen LogP contribution in [0.3, 0.4) is 0 Å². The number of hydrogen-bond donors (Lipinski definition) is 2. The predicted octanol–water partition coefficient (Wildman–Crippen LogP) is 4.74. The summed E-state index contributed by atoms with van der Waals surface area (Å²) in [6.45, 7) is 13.6. The van der Waals surface area contributed by atoms with Crippen LogP contribution in [0.2, 0.25) is 0 Å². The molecule has 2 nitrogen and oxygen atoms in total. The van der Waals surface area contributed by atoms with Crippen LogP contribution in [0, 0.1) is 0 Å². The van der Waals surface area contributed by atoms with Crippen molar-refractivity contribution in [1.29, 1.82) is 0 Å². The molecule has 1 aromatic rings. The first-order valence-corrected chi connectivity index (χ1v) is 7.20. The van der Waals surface area contributed by atoms with Crippen LogP contribution in [0.4, 0.5) is 11.4 Å². The van der Waals surface area contributed by atoms with Crippen LogP contribution in [0.1, 0.15) is 51.3 Å². The Balaban J connectivity index is 2.59. The smallest absolute Gasteiger partial charge is 0.0847 e. The van der Waals surface area contributed by atoms with Crippen molar-refractivity contribution in [3.8, 4) is 0 Å². The highest BCUT2D eigenvalue weighted by Gasteiger charge is 2.33. The van der Waals surface area contributed by atoms with Crippen LogP contribution in [0.25, 0.3) is 0 Å². The molecule has 0 fully saturated rings. The lowest BCUT2D eigenvalue weighted by molar-refractivity contribution is 0.603. The summed E-state index contributed by atoms with van der Waals surface area (Å²) in [5.41, 5.74) is 3.01. The summed E-state index contributed by atoms with van der Waals surface area (Å²) in [5, 5.41) is 0. The molecule has 0 aromatic carbocycles. The van der Waals surface area contributed by atoms with Crippen molar-refractivity contribution < 1.29 is 0 Å². The van der Waals surface area contributed by atoms with Crippen LogP contribution >= 0.6 is 23.5 Å². The summed E-state index contributed by atoms with van der Waals surface area (Å²) in [6, 6.07) is 0. The van der Waals surface area contributed by atoms with Crippen molar-refractivity contribution in [3.63, 3.8) is 0 Å². The molecule has 0 amide bonds. The maximum Gasteiger partial charge on any atom is 0.0847 e. The van der Waals surface area contributed by atoms with E-state index in [1.54, 1.807) is 12.1 Å². The molecule has 0 aliphatic carbocycles. The third kappa shape index (κ3) is 1.93. The summed E-state index contributed by atoms with van der Waals surface area (Å²) in [6.07, 6.45) is 0. The van der Waals surface area contributed by atoms with E-state index in [4.69, 9.17) is 0 Å². The lowest BCUT2D eigenvalue weighted by Gasteiger charge is -2.19. The number of thiophene rings is 1. The molecule has 1 aromatic heterocycles. The highest BCUT2D eigenvalue weighted by atomic mass is 32.2. The van der Waals surface area contributed by atoms with E-state index in [9.17, 15) is 0 Å². The zero-order chi connectivity index (χ0) is 12.1. The third-order valence-electron chi connectivity index (χ3n) is 2.58. The van der Waals surface area contributed by atoms with E-state index in [0.717, 1.165) is 0 Å². The Morgan fingerprint density at radius 3 is 1.44 bits per heavy atom. The van der Waals surface area contributed by atoms with Gasteiger partial charge < -0.3 is 9.44 Å². The van der Waals surface area contributed by atoms with Gasteiger partial charge in [0.1, 0.15) is 0 Å². The van der Waals surface area contributed by atoms with Crippen molar-refractivity contribution in [2.45, 2.75) is 52.4 Å². The Morgan fingerprint density at radius 1 is 0.750 bits per heavy atom. The average molecular weight is 256 g/mol. The molecule has 0 atom stereocenters. The molecule has 0 saturated carbocycles. The molecular weight excluding hydrogens is 236 g/mol. The van der Waals surface area contributed by atoms with E-state index in [-0.39, 0.29) is 10.8 Å². The van der Waals surface area contributed by atoms with Crippen molar-refractivity contribution in [2.75, 3.05) is 9.44 Å². The molecule has 2 N–H and O–H groups in total. The summed E-state index contributed by atoms with van der Waals surface area (Å²) in [4.78, 5) is 2.90. The maximum atomic E-state index is 3.38. The first-order chi connectivity index (χ1) is 7.21. The topological polar surface area (TPSA) is 24.1 Å². The van der Waals surface area contributed by atoms with E-state index in [0.29, 0.717) is 0 Å². The number of rotatable bonds is 0. The Bertz CT molecular complexity index is 371. The van der Waals surface area contributed by atoms with Crippen molar-refractivity contribution in [2.24, 2.45) is 0 Å². The second-order valence-corrected chi connectivity index (χ2v) is 7.95. The van der Waals surface area contributed by atoms with Gasteiger partial charge in [0.25, 0.3) is 0 Å². The van der Waals surface area contributed by atoms with Crippen LogP contribution in [-0.4, -0.2) is 0 Å². The van der Waals surface area contributed by atoms with E-state index < -0.39 is 0 Å². The predicted molar refractivity (Wildman–Crippen MR) is 76.6 cm³/mol. The van der Waals surface area contributed by atoms with E-state index in [1.165, 1.54) is 21.1 Å². The van der Waals surface area contributed by atoms with Gasteiger partial charge in [0.05, 0.1) is 23.5 Å². The Hall–Kier alpha value is -0.350. The molecule has 2 heterocycles. The van der Waals surface area contributed by atoms with Crippen LogP contribution < -0.4 is 9.44 Å². The minimum absolute atomic E-state index is 0.206. The molecule has 4 heteroatoms. The van der Waals surface area contributed by atoms with Gasteiger partial charge in [-0.3, -0.25) is 0 Å². The van der Waals surface area contributed by atoms with Crippen molar-refractivity contribution in [3.05, 3.63) is 9.75 Å². The number of fused-ring (bicyclic) bond motifs is 1. The highest BCUT2D eigenvalue weighted by Crippen LogP contribution is 2.52. The van der Waals surface area contributed by atoms with Crippen LogP contribution in [0.5, 0.6) is 0 Å². The molecule has 1 aliphatic rings. The van der Waals surface area contributed by atoms with Crippen LogP contribution in [0.15, 0.2) is 0 Å². The standard InChI is InChI=1S/C12H20N2S2/c1-11(2,3)9-7-8(14-16-13-7)10(15-9)12(4,5)6/h13-14H,1-6H3. The molecule has 2 rings (SSSR count). The Morgan fingerprint density at radius 2 is 1.12 bits per heavy atom. The first-order valence-electron chi connectivity index (χ1n) is 5.57. The van der Waals surface area contributed by atoms with Crippen molar-refractivity contribution in [1.82, 2.24) is 0 Å². The fourth-order valence-electron chi connectivity index (χ4n) is 1.81. The van der Waals surface area contributed by atoms with Gasteiger partial charge in [0, 0.05) is 9.75 Å². The zero-order valence-corrected chi connectivity index (χ0v) is 12.4. The number of anilines is 2. The monoisotopic (exact) mass is 256 g/mol. The van der Waals surface area contributed by atoms with Gasteiger partial charge >= 0.3 is 0 Å². The summed E-state index contributed by atoms with van der Waals surface area (Å²) in [5.74, 6) is 0. The highest BCUT2D eigenvalue weighted by molar-refractivity contribution is 8.02. The molecule has 0 spiro atoms. The van der Waals surface area contributed by atoms with Crippen molar-refractivity contribution >= 4 is 34.8 Å². The average Bonchev–Trinajstić information content (AvgIpc) is 2.54. The zero-order valence-electron chi connectivity index (χ0n) is 10.8. The molecule has 1 aliphatic heterocycles. The molecule has 0 saturated heterocycles. The fourth-order valence-corrected chi connectivity index (χ4v) is 3.93. The number of hydrogen-bond acceptors (Lipinski definition) is 4. The molecule has 16 heavy (non-hydrogen) atoms. The SMILES string of the molecule is CC(C)(C)c1sc(C(C)(C)C)c2c1NSN2. The number of nitrogens with one attached hydrogen (secondary N) is 2. The van der Waals surface area contributed by atoms with Gasteiger partial charge in [-0.2, -0.15) is 0 Å². The third-order valence-corrected chi connectivity index (χ3v) is 5.23. The van der Waals surface area contributed by atoms with Gasteiger partial charge in [-0.15, -0.1) is 11.3 Å². The maximum absolute atomic E-state index is 3.38. The molecular formula is C12H20N2S2. The lowest BCUT2D eigenvalue weighted by Crippen LogP contribution is -2.11. The fraction of sp³-hybridized carbons (Fsp3) is 0.667. The summed E-state index contributed by atoms with van der Waals surface area (Å²) >= 11 is 3.51. The van der Waals surface area contributed by atoms with Gasteiger partial charge in [-0.1, -0.05) is 41.5 Å². The van der Waals surface area contributed by atoms with Gasteiger partial charge in [0.2, 0.25) is 0 Å². The normalized spacial score (nSPS) is 15.6. The Labute approximate surface area is 106 Å². The minimum Gasteiger partial charge on any atom is -0.309 e. The van der Waals surface area contributed by atoms with E-state index in [1.807, 2.05) is 11.3 Å². The quantitative estimate of drug-likeness (QED) is 0.655. The first kappa shape index (κ1) is 12.1. The molecule has 0 bridgehead atoms. The largest absolute Gasteiger partial charge is 0.309 e. The summed E-state index contributed by atoms with van der Waals surface area (Å²) < 4.78 is 6.77. The van der Waals surface area contributed by atoms with Gasteiger partial charge in [-0.05, 0) is 10.8 Å². The molecule has 0 radical (unpaired) electrons. The minimum atomic E-state index is 0.206. The van der Waals surface area contributed by atoms with E-state index >= 15 is 0 Å². The molecule has 0 unspecified atom stereocenters. The second kappa shape index (κ2) is 3.57. The van der Waals surface area contributed by atoms with E-state index in [2.05, 4.69) is 51.0 Å². The summed E-state index contributed by atoms with van der Waals surface area (Å²) in [7, 11) is 0. The van der Waals surface area contributed by atoms with Crippen LogP contribution in [-0.2, 0) is 10.8 Å². The molecule has 90 valence electrons.